The molecular weight excluding hydrogens is 422 g/mol. The van der Waals surface area contributed by atoms with E-state index >= 15 is 0 Å². The molecule has 0 fully saturated rings. The second-order valence-corrected chi connectivity index (χ2v) is 8.78. The smallest absolute Gasteiger partial charge is 0.338 e. The molecule has 0 saturated carbocycles. The Morgan fingerprint density at radius 3 is 2.34 bits per heavy atom. The maximum Gasteiger partial charge on any atom is 0.338 e. The number of ether oxygens (including phenoxy) is 1. The summed E-state index contributed by atoms with van der Waals surface area (Å²) in [7, 11) is -3.89. The third-order valence-corrected chi connectivity index (χ3v) is 6.28. The summed E-state index contributed by atoms with van der Waals surface area (Å²) >= 11 is 6.01. The fourth-order valence-electron chi connectivity index (χ4n) is 2.25. The summed E-state index contributed by atoms with van der Waals surface area (Å²) in [4.78, 5) is 35.2. The van der Waals surface area contributed by atoms with Crippen molar-refractivity contribution < 1.29 is 27.5 Å². The second kappa shape index (κ2) is 11.1. The van der Waals surface area contributed by atoms with Crippen LogP contribution in [0.1, 0.15) is 38.1 Å². The standard InChI is InChI=1S/C18H26ClN3O6S/c1-5-22(6-2)29(26,27)15-9-13(7-8-14(15)19)17(24)28-11-16(23)21-18(25)20-10-12(3)4/h7-9,12H,5-6,10-11H2,1-4H3,(H2,20,21,23,25). The summed E-state index contributed by atoms with van der Waals surface area (Å²) < 4.78 is 31.4. The Morgan fingerprint density at radius 1 is 1.17 bits per heavy atom. The fourth-order valence-corrected chi connectivity index (χ4v) is 4.21. The number of rotatable bonds is 9. The van der Waals surface area contributed by atoms with Gasteiger partial charge in [-0.1, -0.05) is 39.3 Å². The third-order valence-electron chi connectivity index (χ3n) is 3.75. The van der Waals surface area contributed by atoms with E-state index in [1.165, 1.54) is 16.4 Å². The maximum absolute atomic E-state index is 12.7. The van der Waals surface area contributed by atoms with Crippen LogP contribution in [-0.4, -0.2) is 56.9 Å². The molecule has 0 bridgehead atoms. The molecule has 0 saturated heterocycles. The minimum Gasteiger partial charge on any atom is -0.452 e. The van der Waals surface area contributed by atoms with Gasteiger partial charge in [0.05, 0.1) is 10.6 Å². The number of imide groups is 1. The highest BCUT2D eigenvalue weighted by Crippen LogP contribution is 2.26. The van der Waals surface area contributed by atoms with Gasteiger partial charge in [-0.15, -0.1) is 0 Å². The summed E-state index contributed by atoms with van der Waals surface area (Å²) in [5.41, 5.74) is -0.0859. The van der Waals surface area contributed by atoms with Crippen molar-refractivity contribution in [3.63, 3.8) is 0 Å². The first-order valence-electron chi connectivity index (χ1n) is 9.07. The normalized spacial score (nSPS) is 11.4. The quantitative estimate of drug-likeness (QED) is 0.558. The Morgan fingerprint density at radius 2 is 1.79 bits per heavy atom. The molecule has 1 rings (SSSR count). The number of halogens is 1. The molecule has 0 aliphatic carbocycles. The Hall–Kier alpha value is -2.17. The van der Waals surface area contributed by atoms with Gasteiger partial charge in [0, 0.05) is 19.6 Å². The first kappa shape index (κ1) is 24.9. The summed E-state index contributed by atoms with van der Waals surface area (Å²) in [6.07, 6.45) is 0. The Kier molecular flexibility index (Phi) is 9.54. The van der Waals surface area contributed by atoms with Gasteiger partial charge in [0.25, 0.3) is 5.91 Å². The van der Waals surface area contributed by atoms with Gasteiger partial charge in [0.15, 0.2) is 6.61 Å². The van der Waals surface area contributed by atoms with Gasteiger partial charge in [0.2, 0.25) is 10.0 Å². The maximum atomic E-state index is 12.7. The van der Waals surface area contributed by atoms with Crippen LogP contribution in [0.15, 0.2) is 23.1 Å². The van der Waals surface area contributed by atoms with Gasteiger partial charge in [-0.3, -0.25) is 10.1 Å². The van der Waals surface area contributed by atoms with Crippen molar-refractivity contribution in [1.29, 1.82) is 0 Å². The average Bonchev–Trinajstić information content (AvgIpc) is 2.65. The SMILES string of the molecule is CCN(CC)S(=O)(=O)c1cc(C(=O)OCC(=O)NC(=O)NCC(C)C)ccc1Cl. The molecule has 0 aliphatic heterocycles. The van der Waals surface area contributed by atoms with Crippen LogP contribution in [0.3, 0.4) is 0 Å². The van der Waals surface area contributed by atoms with Gasteiger partial charge in [-0.25, -0.2) is 18.0 Å². The van der Waals surface area contributed by atoms with Crippen LogP contribution in [-0.2, 0) is 19.6 Å². The number of benzene rings is 1. The lowest BCUT2D eigenvalue weighted by molar-refractivity contribution is -0.123. The Balaban J connectivity index is 2.81. The van der Waals surface area contributed by atoms with E-state index in [9.17, 15) is 22.8 Å². The topological polar surface area (TPSA) is 122 Å². The van der Waals surface area contributed by atoms with Crippen molar-refractivity contribution in [2.75, 3.05) is 26.2 Å². The number of carbonyl (C=O) groups excluding carboxylic acids is 3. The molecule has 2 N–H and O–H groups in total. The first-order chi connectivity index (χ1) is 13.5. The summed E-state index contributed by atoms with van der Waals surface area (Å²) in [5.74, 6) is -1.53. The second-order valence-electron chi connectivity index (χ2n) is 6.46. The lowest BCUT2D eigenvalue weighted by Crippen LogP contribution is -2.42. The van der Waals surface area contributed by atoms with E-state index in [1.807, 2.05) is 19.2 Å². The molecule has 1 aromatic carbocycles. The Bertz CT molecular complexity index is 853. The van der Waals surface area contributed by atoms with Crippen molar-refractivity contribution in [2.24, 2.45) is 5.92 Å². The molecular formula is C18H26ClN3O6S. The predicted octanol–water partition coefficient (Wildman–Crippen LogP) is 2.01. The van der Waals surface area contributed by atoms with Gasteiger partial charge in [-0.2, -0.15) is 4.31 Å². The van der Waals surface area contributed by atoms with E-state index in [2.05, 4.69) is 5.32 Å². The lowest BCUT2D eigenvalue weighted by atomic mass is 10.2. The molecule has 162 valence electrons. The zero-order valence-corrected chi connectivity index (χ0v) is 18.4. The van der Waals surface area contributed by atoms with E-state index in [0.717, 1.165) is 6.07 Å². The Labute approximate surface area is 175 Å². The molecule has 11 heteroatoms. The largest absolute Gasteiger partial charge is 0.452 e. The van der Waals surface area contributed by atoms with E-state index in [4.69, 9.17) is 16.3 Å². The summed E-state index contributed by atoms with van der Waals surface area (Å²) in [5, 5.41) is 4.48. The molecule has 29 heavy (non-hydrogen) atoms. The van der Waals surface area contributed by atoms with Crippen molar-refractivity contribution in [2.45, 2.75) is 32.6 Å². The molecule has 9 nitrogen and oxygen atoms in total. The number of nitrogens with one attached hydrogen (secondary N) is 2. The van der Waals surface area contributed by atoms with E-state index in [1.54, 1.807) is 13.8 Å². The molecule has 0 atom stereocenters. The lowest BCUT2D eigenvalue weighted by Gasteiger charge is -2.19. The van der Waals surface area contributed by atoms with Crippen molar-refractivity contribution in [3.8, 4) is 0 Å². The molecule has 0 spiro atoms. The van der Waals surface area contributed by atoms with Gasteiger partial charge in [0.1, 0.15) is 4.90 Å². The third kappa shape index (κ3) is 7.30. The predicted molar refractivity (Wildman–Crippen MR) is 108 cm³/mol. The van der Waals surface area contributed by atoms with Crippen LogP contribution in [0.5, 0.6) is 0 Å². The highest BCUT2D eigenvalue weighted by molar-refractivity contribution is 7.89. The van der Waals surface area contributed by atoms with E-state index in [-0.39, 0.29) is 34.5 Å². The van der Waals surface area contributed by atoms with Gasteiger partial charge >= 0.3 is 12.0 Å². The number of nitrogens with zero attached hydrogens (tertiary/aromatic N) is 1. The molecule has 3 amide bonds. The molecule has 0 radical (unpaired) electrons. The molecule has 1 aromatic rings. The number of urea groups is 1. The fraction of sp³-hybridized carbons (Fsp3) is 0.500. The average molecular weight is 448 g/mol. The first-order valence-corrected chi connectivity index (χ1v) is 10.9. The number of carbonyl (C=O) groups is 3. The van der Waals surface area contributed by atoms with Crippen LogP contribution in [0.25, 0.3) is 0 Å². The number of hydrogen-bond donors (Lipinski definition) is 2. The molecule has 0 aliphatic rings. The highest BCUT2D eigenvalue weighted by Gasteiger charge is 2.26. The summed E-state index contributed by atoms with van der Waals surface area (Å²) in [6.45, 7) is 7.31. The minimum atomic E-state index is -3.89. The monoisotopic (exact) mass is 447 g/mol. The zero-order chi connectivity index (χ0) is 22.2. The van der Waals surface area contributed by atoms with E-state index in [0.29, 0.717) is 6.54 Å². The van der Waals surface area contributed by atoms with Gasteiger partial charge < -0.3 is 10.1 Å². The molecule has 0 unspecified atom stereocenters. The zero-order valence-electron chi connectivity index (χ0n) is 16.8. The number of esters is 1. The number of hydrogen-bond acceptors (Lipinski definition) is 6. The van der Waals surface area contributed by atoms with Crippen LogP contribution in [0.2, 0.25) is 5.02 Å². The minimum absolute atomic E-state index is 0.0342. The number of amides is 3. The van der Waals surface area contributed by atoms with E-state index < -0.39 is 34.5 Å². The van der Waals surface area contributed by atoms with Crippen molar-refractivity contribution >= 4 is 39.5 Å². The summed E-state index contributed by atoms with van der Waals surface area (Å²) in [6, 6.07) is 2.97. The van der Waals surface area contributed by atoms with Crippen LogP contribution in [0, 0.1) is 5.92 Å². The van der Waals surface area contributed by atoms with Crippen LogP contribution >= 0.6 is 11.6 Å². The van der Waals surface area contributed by atoms with Crippen molar-refractivity contribution in [1.82, 2.24) is 14.9 Å². The molecule has 0 heterocycles. The van der Waals surface area contributed by atoms with Crippen LogP contribution in [0.4, 0.5) is 4.79 Å². The highest BCUT2D eigenvalue weighted by atomic mass is 35.5. The van der Waals surface area contributed by atoms with Gasteiger partial charge in [-0.05, 0) is 24.1 Å². The van der Waals surface area contributed by atoms with Crippen molar-refractivity contribution in [3.05, 3.63) is 28.8 Å². The van der Waals surface area contributed by atoms with Crippen LogP contribution < -0.4 is 10.6 Å². The number of sulfonamides is 1. The molecule has 0 aromatic heterocycles.